The summed E-state index contributed by atoms with van der Waals surface area (Å²) < 4.78 is 6.06. The molecule has 0 aliphatic heterocycles. The van der Waals surface area contributed by atoms with Crippen molar-refractivity contribution in [2.24, 2.45) is 0 Å². The first-order valence-electron chi connectivity index (χ1n) is 11.1. The van der Waals surface area contributed by atoms with Crippen LogP contribution in [0.5, 0.6) is 0 Å². The summed E-state index contributed by atoms with van der Waals surface area (Å²) in [5.41, 5.74) is 4.43. The zero-order chi connectivity index (χ0) is 24.6. The summed E-state index contributed by atoms with van der Waals surface area (Å²) in [6, 6.07) is 19.2. The smallest absolute Gasteiger partial charge is 0.549 e. The van der Waals surface area contributed by atoms with E-state index in [-0.39, 0.29) is 57.5 Å². The van der Waals surface area contributed by atoms with Crippen LogP contribution >= 0.6 is 34.3 Å². The molecule has 2 aromatic heterocycles. The second-order valence-corrected chi connectivity index (χ2v) is 11.0. The number of thiophene rings is 2. The number of halogens is 1. The molecule has 5 rings (SSSR count). The van der Waals surface area contributed by atoms with E-state index in [9.17, 15) is 14.7 Å². The molecule has 1 saturated carbocycles. The molecule has 0 saturated heterocycles. The Balaban J connectivity index is 0.00000304. The van der Waals surface area contributed by atoms with Crippen molar-refractivity contribution in [1.82, 2.24) is 0 Å². The Labute approximate surface area is 264 Å². The van der Waals surface area contributed by atoms with Gasteiger partial charge in [-0.3, -0.25) is 5.32 Å². The van der Waals surface area contributed by atoms with Crippen LogP contribution in [0, 0.1) is 0 Å². The molecular formula is C27H21ClKNO4S2. The van der Waals surface area contributed by atoms with E-state index in [0.717, 1.165) is 32.7 Å². The van der Waals surface area contributed by atoms with Crippen LogP contribution in [0.15, 0.2) is 71.4 Å². The van der Waals surface area contributed by atoms with Gasteiger partial charge in [-0.25, -0.2) is 4.79 Å². The molecule has 178 valence electrons. The van der Waals surface area contributed by atoms with Crippen molar-refractivity contribution in [1.29, 1.82) is 0 Å². The molecule has 0 bridgehead atoms. The van der Waals surface area contributed by atoms with Gasteiger partial charge in [-0.15, -0.1) is 11.3 Å². The molecule has 9 heteroatoms. The van der Waals surface area contributed by atoms with E-state index < -0.39 is 17.5 Å². The number of ether oxygens (including phenoxy) is 1. The van der Waals surface area contributed by atoms with Gasteiger partial charge in [0.15, 0.2) is 0 Å². The minimum Gasteiger partial charge on any atom is -0.549 e. The maximum Gasteiger partial charge on any atom is 1.00 e. The van der Waals surface area contributed by atoms with Gasteiger partial charge in [0.25, 0.3) is 0 Å². The van der Waals surface area contributed by atoms with Crippen LogP contribution in [0.2, 0.25) is 4.34 Å². The molecule has 4 aromatic rings. The number of amides is 1. The van der Waals surface area contributed by atoms with Crippen molar-refractivity contribution in [2.75, 3.05) is 5.32 Å². The number of hydrogen-bond acceptors (Lipinski definition) is 6. The minimum absolute atomic E-state index is 0. The summed E-state index contributed by atoms with van der Waals surface area (Å²) in [4.78, 5) is 24.8. The quantitative estimate of drug-likeness (QED) is 0.347. The van der Waals surface area contributed by atoms with Crippen LogP contribution in [0.1, 0.15) is 37.0 Å². The molecule has 0 spiro atoms. The molecule has 1 N–H and O–H groups in total. The second-order valence-electron chi connectivity index (χ2n) is 8.55. The number of carboxylic acid groups (broad SMARTS) is 1. The zero-order valence-corrected chi connectivity index (χ0v) is 25.3. The van der Waals surface area contributed by atoms with E-state index in [1.165, 1.54) is 11.3 Å². The van der Waals surface area contributed by atoms with Gasteiger partial charge in [0, 0.05) is 11.0 Å². The number of benzene rings is 2. The van der Waals surface area contributed by atoms with Crippen LogP contribution in [-0.4, -0.2) is 12.1 Å². The van der Waals surface area contributed by atoms with E-state index >= 15 is 0 Å². The van der Waals surface area contributed by atoms with Gasteiger partial charge in [-0.2, -0.15) is 11.3 Å². The van der Waals surface area contributed by atoms with E-state index in [2.05, 4.69) is 5.32 Å². The van der Waals surface area contributed by atoms with E-state index in [1.807, 2.05) is 72.3 Å². The molecule has 1 aliphatic carbocycles. The Kier molecular flexibility index (Phi) is 8.79. The van der Waals surface area contributed by atoms with Crippen molar-refractivity contribution in [2.45, 2.75) is 31.3 Å². The maximum absolute atomic E-state index is 12.5. The number of carboxylic acids is 1. The molecule has 0 radical (unpaired) electrons. The van der Waals surface area contributed by atoms with Crippen LogP contribution < -0.4 is 61.8 Å². The van der Waals surface area contributed by atoms with Crippen molar-refractivity contribution in [3.05, 3.63) is 86.9 Å². The van der Waals surface area contributed by atoms with Crippen molar-refractivity contribution < 1.29 is 70.8 Å². The first-order chi connectivity index (χ1) is 16.9. The fourth-order valence-electron chi connectivity index (χ4n) is 4.07. The second kappa shape index (κ2) is 11.5. The molecule has 36 heavy (non-hydrogen) atoms. The zero-order valence-electron chi connectivity index (χ0n) is 19.7. The van der Waals surface area contributed by atoms with E-state index in [0.29, 0.717) is 22.9 Å². The molecule has 1 fully saturated rings. The normalized spacial score (nSPS) is 14.4. The number of aliphatic carboxylic acids is 1. The van der Waals surface area contributed by atoms with Gasteiger partial charge < -0.3 is 14.6 Å². The molecule has 5 nitrogen and oxygen atoms in total. The Morgan fingerprint density at radius 1 is 1.03 bits per heavy atom. The molecule has 2 aromatic carbocycles. The Hall–Kier alpha value is -1.49. The van der Waals surface area contributed by atoms with Gasteiger partial charge in [-0.05, 0) is 64.9 Å². The third kappa shape index (κ3) is 5.81. The average molecular weight is 562 g/mol. The first kappa shape index (κ1) is 27.5. The number of carbonyl (C=O) groups excluding carboxylic acids is 2. The van der Waals surface area contributed by atoms with Gasteiger partial charge in [0.05, 0.1) is 20.9 Å². The van der Waals surface area contributed by atoms with Crippen LogP contribution in [0.3, 0.4) is 0 Å². The van der Waals surface area contributed by atoms with Gasteiger partial charge in [-0.1, -0.05) is 60.1 Å². The predicted molar refractivity (Wildman–Crippen MR) is 139 cm³/mol. The molecule has 2 heterocycles. The summed E-state index contributed by atoms with van der Waals surface area (Å²) >= 11 is 9.20. The topological polar surface area (TPSA) is 78.5 Å². The standard InChI is InChI=1S/C27H22ClNO4S2.K/c1-16(20-10-13-34-15-20)33-26(32)29-22-14-23(28)35-24(22)19-4-2-17(3-5-19)18-6-8-21(9-7-18)27(11-12-27)25(30)31;/h2-10,13-16H,11-12H2,1H3,(H,29,32)(H,30,31);/q;+1/p-1/t16-;/m1./s1. The fraction of sp³-hybridized carbons (Fsp3) is 0.185. The third-order valence-electron chi connectivity index (χ3n) is 6.29. The molecule has 1 amide bonds. The van der Waals surface area contributed by atoms with Crippen molar-refractivity contribution in [3.8, 4) is 21.6 Å². The minimum atomic E-state index is -1.00. The summed E-state index contributed by atoms with van der Waals surface area (Å²) in [6.45, 7) is 1.83. The Morgan fingerprint density at radius 3 is 2.19 bits per heavy atom. The number of anilines is 1. The van der Waals surface area contributed by atoms with Crippen molar-refractivity contribution in [3.63, 3.8) is 0 Å². The monoisotopic (exact) mass is 561 g/mol. The predicted octanol–water partition coefficient (Wildman–Crippen LogP) is 3.89. The van der Waals surface area contributed by atoms with Crippen LogP contribution in [0.4, 0.5) is 10.5 Å². The molecule has 0 unspecified atom stereocenters. The van der Waals surface area contributed by atoms with Gasteiger partial charge in [0.2, 0.25) is 0 Å². The van der Waals surface area contributed by atoms with Crippen LogP contribution in [0.25, 0.3) is 21.6 Å². The number of carbonyl (C=O) groups is 2. The van der Waals surface area contributed by atoms with E-state index in [4.69, 9.17) is 16.3 Å². The summed E-state index contributed by atoms with van der Waals surface area (Å²) in [5.74, 6) is -1.00. The van der Waals surface area contributed by atoms with Crippen molar-refractivity contribution >= 4 is 52.0 Å². The van der Waals surface area contributed by atoms with E-state index in [1.54, 1.807) is 17.4 Å². The number of hydrogen-bond donors (Lipinski definition) is 1. The summed E-state index contributed by atoms with van der Waals surface area (Å²) in [6.07, 6.45) is 0.361. The van der Waals surface area contributed by atoms with Gasteiger partial charge >= 0.3 is 57.5 Å². The number of rotatable bonds is 7. The molecular weight excluding hydrogens is 541 g/mol. The molecule has 1 aliphatic rings. The Morgan fingerprint density at radius 2 is 1.64 bits per heavy atom. The largest absolute Gasteiger partial charge is 1.00 e. The SMILES string of the molecule is C[C@@H](OC(=O)Nc1cc(Cl)sc1-c1ccc(-c2ccc(C3(C(=O)[O-])CC3)cc2)cc1)c1ccsc1.[K+]. The third-order valence-corrected chi connectivity index (χ3v) is 8.31. The number of nitrogens with one attached hydrogen (secondary N) is 1. The van der Waals surface area contributed by atoms with Gasteiger partial charge in [0.1, 0.15) is 6.10 Å². The fourth-order valence-corrected chi connectivity index (χ4v) is 6.00. The maximum atomic E-state index is 12.5. The average Bonchev–Trinajstić information content (AvgIpc) is 3.32. The Bertz CT molecular complexity index is 1360. The summed E-state index contributed by atoms with van der Waals surface area (Å²) in [5, 5.41) is 18.2. The summed E-state index contributed by atoms with van der Waals surface area (Å²) in [7, 11) is 0. The molecule has 1 atom stereocenters. The van der Waals surface area contributed by atoms with Crippen LogP contribution in [-0.2, 0) is 14.9 Å². The first-order valence-corrected chi connectivity index (χ1v) is 13.2.